The standard InChI is InChI=1S/C12H11BrClN3OS/c1-18-9-4-3-7(5-8(9)13)15-11-6-10(14)16-12(17-11)19-2/h3-6H,1-2H3,(H,15,16,17). The highest BCUT2D eigenvalue weighted by atomic mass is 79.9. The topological polar surface area (TPSA) is 47.0 Å². The van der Waals surface area contributed by atoms with Crippen molar-refractivity contribution in [2.24, 2.45) is 0 Å². The van der Waals surface area contributed by atoms with Crippen molar-refractivity contribution in [3.63, 3.8) is 0 Å². The molecule has 19 heavy (non-hydrogen) atoms. The average molecular weight is 361 g/mol. The van der Waals surface area contributed by atoms with Gasteiger partial charge in [-0.3, -0.25) is 0 Å². The number of hydrogen-bond acceptors (Lipinski definition) is 5. The molecule has 0 aliphatic rings. The molecule has 0 amide bonds. The van der Waals surface area contributed by atoms with Crippen LogP contribution in [-0.4, -0.2) is 23.3 Å². The van der Waals surface area contributed by atoms with Crippen LogP contribution >= 0.6 is 39.3 Å². The molecule has 0 saturated carbocycles. The molecule has 100 valence electrons. The molecule has 2 aromatic rings. The Labute approximate surface area is 129 Å². The Kier molecular flexibility index (Phi) is 4.90. The van der Waals surface area contributed by atoms with Crippen LogP contribution in [0.3, 0.4) is 0 Å². The summed E-state index contributed by atoms with van der Waals surface area (Å²) in [6.45, 7) is 0. The van der Waals surface area contributed by atoms with E-state index in [0.29, 0.717) is 16.1 Å². The highest BCUT2D eigenvalue weighted by molar-refractivity contribution is 9.10. The quantitative estimate of drug-likeness (QED) is 0.498. The van der Waals surface area contributed by atoms with Crippen molar-refractivity contribution in [2.45, 2.75) is 5.16 Å². The fourth-order valence-corrected chi connectivity index (χ4v) is 2.60. The number of rotatable bonds is 4. The fourth-order valence-electron chi connectivity index (χ4n) is 1.44. The molecule has 0 aliphatic carbocycles. The van der Waals surface area contributed by atoms with Crippen molar-refractivity contribution in [1.29, 1.82) is 0 Å². The summed E-state index contributed by atoms with van der Waals surface area (Å²) < 4.78 is 6.05. The van der Waals surface area contributed by atoms with E-state index in [1.807, 2.05) is 24.5 Å². The molecule has 0 spiro atoms. The minimum Gasteiger partial charge on any atom is -0.496 e. The van der Waals surface area contributed by atoms with Crippen LogP contribution in [-0.2, 0) is 0 Å². The Balaban J connectivity index is 2.25. The second-order valence-electron chi connectivity index (χ2n) is 3.54. The second-order valence-corrected chi connectivity index (χ2v) is 5.55. The van der Waals surface area contributed by atoms with Crippen LogP contribution in [0.5, 0.6) is 5.75 Å². The van der Waals surface area contributed by atoms with Gasteiger partial charge in [-0.05, 0) is 40.4 Å². The predicted molar refractivity (Wildman–Crippen MR) is 82.8 cm³/mol. The summed E-state index contributed by atoms with van der Waals surface area (Å²) in [7, 11) is 1.63. The van der Waals surface area contributed by atoms with Gasteiger partial charge >= 0.3 is 0 Å². The lowest BCUT2D eigenvalue weighted by molar-refractivity contribution is 0.412. The maximum atomic E-state index is 5.94. The molecular weight excluding hydrogens is 350 g/mol. The number of benzene rings is 1. The molecule has 1 heterocycles. The number of aromatic nitrogens is 2. The predicted octanol–water partition coefficient (Wildman–Crippen LogP) is 4.37. The third-order valence-electron chi connectivity index (χ3n) is 2.28. The number of nitrogens with zero attached hydrogens (tertiary/aromatic N) is 2. The van der Waals surface area contributed by atoms with Crippen molar-refractivity contribution in [1.82, 2.24) is 9.97 Å². The molecule has 7 heteroatoms. The number of methoxy groups -OCH3 is 1. The van der Waals surface area contributed by atoms with Crippen molar-refractivity contribution >= 4 is 50.8 Å². The van der Waals surface area contributed by atoms with E-state index in [1.54, 1.807) is 13.2 Å². The summed E-state index contributed by atoms with van der Waals surface area (Å²) in [5.41, 5.74) is 0.884. The van der Waals surface area contributed by atoms with Crippen molar-refractivity contribution < 1.29 is 4.74 Å². The lowest BCUT2D eigenvalue weighted by Crippen LogP contribution is -1.97. The highest BCUT2D eigenvalue weighted by Crippen LogP contribution is 2.29. The van der Waals surface area contributed by atoms with Gasteiger partial charge in [0.25, 0.3) is 0 Å². The second kappa shape index (κ2) is 6.45. The zero-order chi connectivity index (χ0) is 13.8. The molecule has 1 N–H and O–H groups in total. The molecular formula is C12H11BrClN3OS. The van der Waals surface area contributed by atoms with Gasteiger partial charge in [0, 0.05) is 11.8 Å². The van der Waals surface area contributed by atoms with Crippen LogP contribution in [0.15, 0.2) is 33.9 Å². The van der Waals surface area contributed by atoms with Gasteiger partial charge in [-0.15, -0.1) is 0 Å². The van der Waals surface area contributed by atoms with Crippen LogP contribution in [0.25, 0.3) is 0 Å². The lowest BCUT2D eigenvalue weighted by Gasteiger charge is -2.09. The van der Waals surface area contributed by atoms with Gasteiger partial charge < -0.3 is 10.1 Å². The number of anilines is 2. The summed E-state index contributed by atoms with van der Waals surface area (Å²) in [6, 6.07) is 7.36. The Bertz CT molecular complexity index is 597. The molecule has 1 aromatic heterocycles. The first kappa shape index (κ1) is 14.4. The Morgan fingerprint density at radius 2 is 2.11 bits per heavy atom. The molecule has 1 aromatic carbocycles. The number of halogens is 2. The molecule has 0 saturated heterocycles. The van der Waals surface area contributed by atoms with Crippen LogP contribution in [0.4, 0.5) is 11.5 Å². The van der Waals surface area contributed by atoms with Gasteiger partial charge in [-0.25, -0.2) is 9.97 Å². The monoisotopic (exact) mass is 359 g/mol. The van der Waals surface area contributed by atoms with Gasteiger partial charge in [0.1, 0.15) is 16.7 Å². The fraction of sp³-hybridized carbons (Fsp3) is 0.167. The molecule has 4 nitrogen and oxygen atoms in total. The van der Waals surface area contributed by atoms with E-state index in [2.05, 4.69) is 31.2 Å². The van der Waals surface area contributed by atoms with E-state index in [1.165, 1.54) is 11.8 Å². The number of nitrogens with one attached hydrogen (secondary N) is 1. The first-order valence-electron chi connectivity index (χ1n) is 5.31. The summed E-state index contributed by atoms with van der Waals surface area (Å²) in [4.78, 5) is 8.42. The minimum atomic E-state index is 0.412. The van der Waals surface area contributed by atoms with Crippen LogP contribution < -0.4 is 10.1 Å². The lowest BCUT2D eigenvalue weighted by atomic mass is 10.3. The molecule has 0 bridgehead atoms. The van der Waals surface area contributed by atoms with Gasteiger partial charge in [0.2, 0.25) is 0 Å². The maximum absolute atomic E-state index is 5.94. The molecule has 0 fully saturated rings. The van der Waals surface area contributed by atoms with Gasteiger partial charge in [0.15, 0.2) is 5.16 Å². The van der Waals surface area contributed by atoms with Crippen molar-refractivity contribution in [2.75, 3.05) is 18.7 Å². The largest absolute Gasteiger partial charge is 0.496 e. The van der Waals surface area contributed by atoms with E-state index in [4.69, 9.17) is 16.3 Å². The number of hydrogen-bond donors (Lipinski definition) is 1. The molecule has 0 unspecified atom stereocenters. The van der Waals surface area contributed by atoms with Crippen molar-refractivity contribution in [3.8, 4) is 5.75 Å². The van der Waals surface area contributed by atoms with E-state index in [0.717, 1.165) is 15.9 Å². The average Bonchev–Trinajstić information content (AvgIpc) is 2.38. The summed E-state index contributed by atoms with van der Waals surface area (Å²) in [6.07, 6.45) is 1.90. The molecule has 0 radical (unpaired) electrons. The summed E-state index contributed by atoms with van der Waals surface area (Å²) in [5.74, 6) is 1.43. The Morgan fingerprint density at radius 3 is 2.74 bits per heavy atom. The maximum Gasteiger partial charge on any atom is 0.190 e. The van der Waals surface area contributed by atoms with Gasteiger partial charge in [-0.2, -0.15) is 0 Å². The van der Waals surface area contributed by atoms with E-state index < -0.39 is 0 Å². The van der Waals surface area contributed by atoms with Gasteiger partial charge in [0.05, 0.1) is 11.6 Å². The SMILES string of the molecule is COc1ccc(Nc2cc(Cl)nc(SC)n2)cc1Br. The minimum absolute atomic E-state index is 0.412. The van der Waals surface area contributed by atoms with E-state index in [9.17, 15) is 0 Å². The van der Waals surface area contributed by atoms with Crippen LogP contribution in [0.1, 0.15) is 0 Å². The molecule has 2 rings (SSSR count). The molecule has 0 atom stereocenters. The van der Waals surface area contributed by atoms with Crippen LogP contribution in [0, 0.1) is 0 Å². The third-order valence-corrected chi connectivity index (χ3v) is 3.64. The Morgan fingerprint density at radius 1 is 1.32 bits per heavy atom. The zero-order valence-corrected chi connectivity index (χ0v) is 13.4. The van der Waals surface area contributed by atoms with Crippen LogP contribution in [0.2, 0.25) is 5.15 Å². The first-order valence-corrected chi connectivity index (χ1v) is 7.71. The van der Waals surface area contributed by atoms with E-state index >= 15 is 0 Å². The Hall–Kier alpha value is -0.980. The van der Waals surface area contributed by atoms with E-state index in [-0.39, 0.29) is 0 Å². The smallest absolute Gasteiger partial charge is 0.190 e. The number of thioether (sulfide) groups is 1. The summed E-state index contributed by atoms with van der Waals surface area (Å²) in [5, 5.41) is 4.22. The normalized spacial score (nSPS) is 10.3. The highest BCUT2D eigenvalue weighted by Gasteiger charge is 2.05. The third kappa shape index (κ3) is 3.75. The summed E-state index contributed by atoms with van der Waals surface area (Å²) >= 11 is 10.8. The molecule has 0 aliphatic heterocycles. The number of ether oxygens (including phenoxy) is 1. The zero-order valence-electron chi connectivity index (χ0n) is 10.3. The first-order chi connectivity index (χ1) is 9.12. The van der Waals surface area contributed by atoms with Gasteiger partial charge in [-0.1, -0.05) is 23.4 Å². The van der Waals surface area contributed by atoms with Crippen molar-refractivity contribution in [3.05, 3.63) is 33.9 Å².